The van der Waals surface area contributed by atoms with E-state index in [0.717, 1.165) is 50.0 Å². The summed E-state index contributed by atoms with van der Waals surface area (Å²) in [6.07, 6.45) is 13.0. The van der Waals surface area contributed by atoms with Crippen LogP contribution in [0, 0.1) is 52.3 Å². The van der Waals surface area contributed by atoms with Crippen LogP contribution >= 0.6 is 0 Å². The van der Waals surface area contributed by atoms with Gasteiger partial charge in [-0.1, -0.05) is 27.7 Å². The molecule has 0 aromatic rings. The van der Waals surface area contributed by atoms with Gasteiger partial charge in [-0.05, 0) is 104 Å². The second-order valence-corrected chi connectivity index (χ2v) is 15.5. The molecule has 0 bridgehead atoms. The summed E-state index contributed by atoms with van der Waals surface area (Å²) in [6, 6.07) is 0. The zero-order chi connectivity index (χ0) is 24.1. The maximum atomic E-state index is 11.7. The number of fused-ring (bicyclic) bond motifs is 7. The van der Waals surface area contributed by atoms with Gasteiger partial charge in [0.25, 0.3) is 10.1 Å². The Bertz CT molecular complexity index is 910. The van der Waals surface area contributed by atoms with Gasteiger partial charge in [0.1, 0.15) is 0 Å². The molecule has 34 heavy (non-hydrogen) atoms. The highest BCUT2D eigenvalue weighted by atomic mass is 32.2. The minimum atomic E-state index is -3.38. The molecular formula is C28H46O5S. The van der Waals surface area contributed by atoms with E-state index in [2.05, 4.69) is 27.7 Å². The summed E-state index contributed by atoms with van der Waals surface area (Å²) in [6.45, 7) is 10.7. The number of hydrogen-bond acceptors (Lipinski definition) is 5. The van der Waals surface area contributed by atoms with E-state index in [-0.39, 0.29) is 11.9 Å². The van der Waals surface area contributed by atoms with Gasteiger partial charge in [-0.3, -0.25) is 4.18 Å². The first-order valence-electron chi connectivity index (χ1n) is 14.2. The van der Waals surface area contributed by atoms with Crippen molar-refractivity contribution in [2.24, 2.45) is 52.3 Å². The third-order valence-electron chi connectivity index (χ3n) is 12.2. The molecule has 6 fully saturated rings. The largest absolute Gasteiger partial charge is 0.349 e. The predicted molar refractivity (Wildman–Crippen MR) is 131 cm³/mol. The second-order valence-electron chi connectivity index (χ2n) is 13.9. The van der Waals surface area contributed by atoms with Gasteiger partial charge in [0.05, 0.1) is 25.1 Å². The molecule has 6 heteroatoms. The zero-order valence-electron chi connectivity index (χ0n) is 21.9. The molecule has 4 saturated carbocycles. The highest BCUT2D eigenvalue weighted by molar-refractivity contribution is 7.86. The maximum absolute atomic E-state index is 11.7. The van der Waals surface area contributed by atoms with E-state index in [0.29, 0.717) is 40.6 Å². The molecule has 0 aromatic heterocycles. The summed E-state index contributed by atoms with van der Waals surface area (Å²) < 4.78 is 42.3. The Morgan fingerprint density at radius 3 is 2.35 bits per heavy atom. The lowest BCUT2D eigenvalue weighted by molar-refractivity contribution is -0.273. The molecule has 6 aliphatic rings. The summed E-state index contributed by atoms with van der Waals surface area (Å²) in [5.74, 6) is 4.32. The summed E-state index contributed by atoms with van der Waals surface area (Å²) in [7, 11) is -3.38. The van der Waals surface area contributed by atoms with Crippen LogP contribution in [0.3, 0.4) is 0 Å². The molecule has 6 rings (SSSR count). The maximum Gasteiger partial charge on any atom is 0.264 e. The van der Waals surface area contributed by atoms with E-state index < -0.39 is 10.1 Å². The Morgan fingerprint density at radius 2 is 1.65 bits per heavy atom. The standard InChI is InChI=1S/C28H46O5S/c1-17-8-13-28(31-16-17)18(2)25-24(32-28)15-23-21-7-6-19-14-20(33-34(5,29)30)9-11-26(19,3)22(21)10-12-27(23,25)4/h17-25H,6-16H2,1-5H3/t17-,18+,19+,20+,21-,22+,23+,24+,25+,26+,27+,28-/m1/s1. The van der Waals surface area contributed by atoms with E-state index in [9.17, 15) is 8.42 Å². The smallest absolute Gasteiger partial charge is 0.264 e. The molecule has 0 unspecified atom stereocenters. The molecular weight excluding hydrogens is 448 g/mol. The van der Waals surface area contributed by atoms with Crippen LogP contribution in [0.15, 0.2) is 0 Å². The van der Waals surface area contributed by atoms with Crippen LogP contribution < -0.4 is 0 Å². The van der Waals surface area contributed by atoms with E-state index in [4.69, 9.17) is 13.7 Å². The van der Waals surface area contributed by atoms with Gasteiger partial charge in [-0.25, -0.2) is 0 Å². The summed E-state index contributed by atoms with van der Waals surface area (Å²) in [5, 5.41) is 0. The molecule has 12 atom stereocenters. The van der Waals surface area contributed by atoms with Gasteiger partial charge in [-0.2, -0.15) is 8.42 Å². The lowest BCUT2D eigenvalue weighted by Crippen LogP contribution is -2.55. The van der Waals surface area contributed by atoms with Crippen LogP contribution in [0.2, 0.25) is 0 Å². The van der Waals surface area contributed by atoms with Gasteiger partial charge >= 0.3 is 0 Å². The molecule has 194 valence electrons. The monoisotopic (exact) mass is 494 g/mol. The zero-order valence-corrected chi connectivity index (χ0v) is 22.7. The highest BCUT2D eigenvalue weighted by Crippen LogP contribution is 2.71. The van der Waals surface area contributed by atoms with Crippen molar-refractivity contribution in [1.29, 1.82) is 0 Å². The van der Waals surface area contributed by atoms with E-state index in [1.165, 1.54) is 44.8 Å². The normalized spacial score (nSPS) is 57.0. The van der Waals surface area contributed by atoms with Crippen molar-refractivity contribution in [3.63, 3.8) is 0 Å². The minimum absolute atomic E-state index is 0.118. The SMILES string of the molecule is C[C@@H]1CC[C@@]2(OC1)O[C@H]1C[C@H]3[C@@H]4CC[C@H]5C[C@@H](OS(C)(=O)=O)CC[C@]5(C)[C@H]4CC[C@]3(C)[C@H]1[C@@H]2C. The van der Waals surface area contributed by atoms with Crippen molar-refractivity contribution < 1.29 is 22.1 Å². The molecule has 1 spiro atoms. The van der Waals surface area contributed by atoms with E-state index >= 15 is 0 Å². The number of hydrogen-bond donors (Lipinski definition) is 0. The molecule has 0 radical (unpaired) electrons. The van der Waals surface area contributed by atoms with Crippen molar-refractivity contribution in [3.8, 4) is 0 Å². The topological polar surface area (TPSA) is 61.8 Å². The molecule has 0 N–H and O–H groups in total. The molecule has 2 heterocycles. The lowest BCUT2D eigenvalue weighted by atomic mass is 9.44. The first-order chi connectivity index (χ1) is 16.0. The Hall–Kier alpha value is -0.170. The molecule has 2 saturated heterocycles. The first kappa shape index (κ1) is 24.2. The predicted octanol–water partition coefficient (Wildman–Crippen LogP) is 5.78. The fourth-order valence-corrected chi connectivity index (χ4v) is 11.2. The number of ether oxygens (including phenoxy) is 2. The molecule has 0 aromatic carbocycles. The molecule has 0 amide bonds. The van der Waals surface area contributed by atoms with Crippen LogP contribution in [0.1, 0.15) is 91.9 Å². The van der Waals surface area contributed by atoms with Crippen LogP contribution in [0.5, 0.6) is 0 Å². The highest BCUT2D eigenvalue weighted by Gasteiger charge is 2.69. The van der Waals surface area contributed by atoms with Crippen molar-refractivity contribution in [2.75, 3.05) is 12.9 Å². The average molecular weight is 495 g/mol. The summed E-state index contributed by atoms with van der Waals surface area (Å²) in [4.78, 5) is 0. The Labute approximate surface area is 207 Å². The van der Waals surface area contributed by atoms with Gasteiger partial charge in [0.2, 0.25) is 0 Å². The third-order valence-corrected chi connectivity index (χ3v) is 12.8. The minimum Gasteiger partial charge on any atom is -0.349 e. The Kier molecular flexibility index (Phi) is 5.63. The fraction of sp³-hybridized carbons (Fsp3) is 1.00. The van der Waals surface area contributed by atoms with Gasteiger partial charge < -0.3 is 9.47 Å². The van der Waals surface area contributed by atoms with Crippen molar-refractivity contribution >= 4 is 10.1 Å². The molecule has 2 aliphatic heterocycles. The second kappa shape index (κ2) is 7.91. The quantitative estimate of drug-likeness (QED) is 0.456. The Morgan fingerprint density at radius 1 is 0.882 bits per heavy atom. The van der Waals surface area contributed by atoms with Crippen LogP contribution in [-0.4, -0.2) is 39.3 Å². The lowest BCUT2D eigenvalue weighted by Gasteiger charge is -2.61. The first-order valence-corrected chi connectivity index (χ1v) is 16.0. The van der Waals surface area contributed by atoms with Crippen LogP contribution in [0.25, 0.3) is 0 Å². The number of rotatable bonds is 2. The van der Waals surface area contributed by atoms with E-state index in [1.54, 1.807) is 0 Å². The van der Waals surface area contributed by atoms with Crippen molar-refractivity contribution in [3.05, 3.63) is 0 Å². The van der Waals surface area contributed by atoms with Gasteiger partial charge in [-0.15, -0.1) is 0 Å². The fourth-order valence-electron chi connectivity index (χ4n) is 10.6. The van der Waals surface area contributed by atoms with Gasteiger partial charge in [0, 0.05) is 12.3 Å². The molecule has 5 nitrogen and oxygen atoms in total. The van der Waals surface area contributed by atoms with Gasteiger partial charge in [0.15, 0.2) is 5.79 Å². The third kappa shape index (κ3) is 3.51. The van der Waals surface area contributed by atoms with Crippen molar-refractivity contribution in [2.45, 2.75) is 110 Å². The Balaban J connectivity index is 1.20. The summed E-state index contributed by atoms with van der Waals surface area (Å²) >= 11 is 0. The van der Waals surface area contributed by atoms with Crippen LogP contribution in [-0.2, 0) is 23.8 Å². The average Bonchev–Trinajstić information content (AvgIpc) is 3.20. The molecule has 4 aliphatic carbocycles. The van der Waals surface area contributed by atoms with Crippen LogP contribution in [0.4, 0.5) is 0 Å². The van der Waals surface area contributed by atoms with Crippen molar-refractivity contribution in [1.82, 2.24) is 0 Å². The van der Waals surface area contributed by atoms with E-state index in [1.807, 2.05) is 0 Å². The summed E-state index contributed by atoms with van der Waals surface area (Å²) in [5.41, 5.74) is 0.691.